The van der Waals surface area contributed by atoms with Crippen LogP contribution in [-0.4, -0.2) is 47.4 Å². The van der Waals surface area contributed by atoms with Crippen molar-refractivity contribution < 1.29 is 29.0 Å². The summed E-state index contributed by atoms with van der Waals surface area (Å²) in [7, 11) is 1.48. The van der Waals surface area contributed by atoms with Gasteiger partial charge in [0.15, 0.2) is 11.5 Å². The summed E-state index contributed by atoms with van der Waals surface area (Å²) in [6, 6.07) is 3.32. The quantitative estimate of drug-likeness (QED) is 0.527. The van der Waals surface area contributed by atoms with Gasteiger partial charge in [-0.05, 0) is 35.5 Å². The number of carboxylic acids is 1. The van der Waals surface area contributed by atoms with Gasteiger partial charge in [0.05, 0.1) is 12.0 Å². The van der Waals surface area contributed by atoms with Crippen LogP contribution in [0.25, 0.3) is 6.08 Å². The number of aliphatic carboxylic acids is 1. The highest BCUT2D eigenvalue weighted by atomic mass is 79.9. The number of carbonyl (C=O) groups is 3. The topological polar surface area (TPSA) is 93.1 Å². The smallest absolute Gasteiger partial charge is 0.323 e. The zero-order valence-corrected chi connectivity index (χ0v) is 15.6. The van der Waals surface area contributed by atoms with Crippen molar-refractivity contribution in [3.63, 3.8) is 0 Å². The molecule has 132 valence electrons. The Morgan fingerprint density at radius 2 is 2.12 bits per heavy atom. The van der Waals surface area contributed by atoms with E-state index in [9.17, 15) is 14.4 Å². The number of carbonyl (C=O) groups excluding carboxylic acids is 2. The van der Waals surface area contributed by atoms with Crippen molar-refractivity contribution >= 4 is 50.9 Å². The molecule has 0 saturated carbocycles. The van der Waals surface area contributed by atoms with Crippen LogP contribution in [0.1, 0.15) is 5.56 Å². The summed E-state index contributed by atoms with van der Waals surface area (Å²) in [5.74, 6) is -0.961. The standard InChI is InChI=1S/C16H14BrNO6S/c1-3-4-24-12-7-10(17)9(5-11(12)23-2)6-13-15(21)18(8-14(19)20)16(22)25-13/h3,5-7H,1,4,8H2,2H3,(H,19,20)/b13-6+. The molecule has 2 rings (SSSR count). The summed E-state index contributed by atoms with van der Waals surface area (Å²) >= 11 is 4.07. The van der Waals surface area contributed by atoms with Crippen molar-refractivity contribution in [2.75, 3.05) is 20.3 Å². The number of hydrogen-bond acceptors (Lipinski definition) is 6. The van der Waals surface area contributed by atoms with Crippen LogP contribution in [0.15, 0.2) is 34.2 Å². The number of carboxylic acid groups (broad SMARTS) is 1. The van der Waals surface area contributed by atoms with Gasteiger partial charge in [-0.3, -0.25) is 19.3 Å². The zero-order chi connectivity index (χ0) is 18.6. The van der Waals surface area contributed by atoms with Gasteiger partial charge in [-0.2, -0.15) is 0 Å². The first-order chi connectivity index (χ1) is 11.9. The van der Waals surface area contributed by atoms with E-state index >= 15 is 0 Å². The molecule has 1 aromatic rings. The molecular formula is C16H14BrNO6S. The Balaban J connectivity index is 2.34. The van der Waals surface area contributed by atoms with E-state index in [1.165, 1.54) is 13.2 Å². The fraction of sp³-hybridized carbons (Fsp3) is 0.188. The molecule has 1 N–H and O–H groups in total. The fourth-order valence-electron chi connectivity index (χ4n) is 2.00. The average molecular weight is 428 g/mol. The van der Waals surface area contributed by atoms with Crippen LogP contribution in [0, 0.1) is 0 Å². The minimum atomic E-state index is -1.25. The van der Waals surface area contributed by atoms with Crippen molar-refractivity contribution in [1.29, 1.82) is 0 Å². The molecule has 1 aliphatic heterocycles. The SMILES string of the molecule is C=CCOc1cc(Br)c(/C=C2/SC(=O)N(CC(=O)O)C2=O)cc1OC. The van der Waals surface area contributed by atoms with E-state index in [4.69, 9.17) is 14.6 Å². The molecule has 1 fully saturated rings. The molecule has 0 unspecified atom stereocenters. The number of amides is 2. The zero-order valence-electron chi connectivity index (χ0n) is 13.2. The van der Waals surface area contributed by atoms with E-state index in [2.05, 4.69) is 22.5 Å². The Morgan fingerprint density at radius 3 is 2.72 bits per heavy atom. The third-order valence-corrected chi connectivity index (χ3v) is 4.69. The Kier molecular flexibility index (Phi) is 6.27. The number of imide groups is 1. The van der Waals surface area contributed by atoms with E-state index < -0.39 is 23.7 Å². The third kappa shape index (κ3) is 4.43. The molecule has 9 heteroatoms. The maximum Gasteiger partial charge on any atom is 0.323 e. The Morgan fingerprint density at radius 1 is 1.40 bits per heavy atom. The molecule has 2 amide bonds. The van der Waals surface area contributed by atoms with Gasteiger partial charge < -0.3 is 14.6 Å². The molecular weight excluding hydrogens is 414 g/mol. The summed E-state index contributed by atoms with van der Waals surface area (Å²) in [4.78, 5) is 35.6. The minimum absolute atomic E-state index is 0.133. The van der Waals surface area contributed by atoms with Gasteiger partial charge in [-0.15, -0.1) is 0 Å². The van der Waals surface area contributed by atoms with Gasteiger partial charge in [0.1, 0.15) is 13.2 Å². The van der Waals surface area contributed by atoms with Crippen LogP contribution < -0.4 is 9.47 Å². The Bertz CT molecular complexity index is 776. The second kappa shape index (κ2) is 8.21. The summed E-state index contributed by atoms with van der Waals surface area (Å²) in [6.45, 7) is 3.21. The largest absolute Gasteiger partial charge is 0.493 e. The Labute approximate surface area is 156 Å². The normalized spacial score (nSPS) is 15.6. The predicted molar refractivity (Wildman–Crippen MR) is 96.7 cm³/mol. The van der Waals surface area contributed by atoms with E-state index in [0.717, 1.165) is 0 Å². The molecule has 1 aliphatic rings. The summed E-state index contributed by atoms with van der Waals surface area (Å²) in [5.41, 5.74) is 0.587. The van der Waals surface area contributed by atoms with Gasteiger partial charge in [0.2, 0.25) is 0 Å². The maximum atomic E-state index is 12.2. The number of nitrogens with zero attached hydrogens (tertiary/aromatic N) is 1. The number of rotatable bonds is 7. The van der Waals surface area contributed by atoms with Crippen LogP contribution in [-0.2, 0) is 9.59 Å². The maximum absolute atomic E-state index is 12.2. The minimum Gasteiger partial charge on any atom is -0.493 e. The lowest BCUT2D eigenvalue weighted by Gasteiger charge is -2.12. The van der Waals surface area contributed by atoms with Gasteiger partial charge >= 0.3 is 5.97 Å². The lowest BCUT2D eigenvalue weighted by molar-refractivity contribution is -0.140. The molecule has 1 heterocycles. The second-order valence-electron chi connectivity index (χ2n) is 4.79. The summed E-state index contributed by atoms with van der Waals surface area (Å²) in [6.07, 6.45) is 3.09. The number of halogens is 1. The van der Waals surface area contributed by atoms with Crippen molar-refractivity contribution in [1.82, 2.24) is 4.90 Å². The first kappa shape index (κ1) is 19.1. The highest BCUT2D eigenvalue weighted by Gasteiger charge is 2.36. The molecule has 0 spiro atoms. The van der Waals surface area contributed by atoms with Crippen molar-refractivity contribution in [2.45, 2.75) is 0 Å². The lowest BCUT2D eigenvalue weighted by atomic mass is 10.2. The Hall–Kier alpha value is -2.26. The number of thioether (sulfide) groups is 1. The van der Waals surface area contributed by atoms with Gasteiger partial charge in [0, 0.05) is 4.47 Å². The van der Waals surface area contributed by atoms with E-state index in [-0.39, 0.29) is 4.91 Å². The first-order valence-electron chi connectivity index (χ1n) is 6.95. The highest BCUT2D eigenvalue weighted by molar-refractivity contribution is 9.10. The monoisotopic (exact) mass is 427 g/mol. The van der Waals surface area contributed by atoms with Crippen LogP contribution in [0.4, 0.5) is 4.79 Å². The molecule has 0 aromatic heterocycles. The molecule has 1 saturated heterocycles. The molecule has 25 heavy (non-hydrogen) atoms. The third-order valence-electron chi connectivity index (χ3n) is 3.09. The van der Waals surface area contributed by atoms with Crippen LogP contribution >= 0.6 is 27.7 Å². The van der Waals surface area contributed by atoms with Gasteiger partial charge in [0.25, 0.3) is 11.1 Å². The summed E-state index contributed by atoms with van der Waals surface area (Å²) < 4.78 is 11.4. The molecule has 0 aliphatic carbocycles. The lowest BCUT2D eigenvalue weighted by Crippen LogP contribution is -2.33. The van der Waals surface area contributed by atoms with Gasteiger partial charge in [-0.25, -0.2) is 0 Å². The van der Waals surface area contributed by atoms with Crippen molar-refractivity contribution in [3.8, 4) is 11.5 Å². The highest BCUT2D eigenvalue weighted by Crippen LogP contribution is 2.37. The molecule has 0 bridgehead atoms. The van der Waals surface area contributed by atoms with Crippen molar-refractivity contribution in [3.05, 3.63) is 39.7 Å². The molecule has 0 atom stereocenters. The summed E-state index contributed by atoms with van der Waals surface area (Å²) in [5, 5.41) is 8.16. The van der Waals surface area contributed by atoms with Crippen LogP contribution in [0.2, 0.25) is 0 Å². The average Bonchev–Trinajstić information content (AvgIpc) is 2.82. The van der Waals surface area contributed by atoms with Crippen molar-refractivity contribution in [2.24, 2.45) is 0 Å². The first-order valence-corrected chi connectivity index (χ1v) is 8.56. The number of benzene rings is 1. The fourth-order valence-corrected chi connectivity index (χ4v) is 3.26. The molecule has 0 radical (unpaired) electrons. The number of hydrogen-bond donors (Lipinski definition) is 1. The second-order valence-corrected chi connectivity index (χ2v) is 6.63. The van der Waals surface area contributed by atoms with Gasteiger partial charge in [-0.1, -0.05) is 28.6 Å². The number of methoxy groups -OCH3 is 1. The molecule has 7 nitrogen and oxygen atoms in total. The van der Waals surface area contributed by atoms with Crippen LogP contribution in [0.5, 0.6) is 11.5 Å². The van der Waals surface area contributed by atoms with E-state index in [1.807, 2.05) is 0 Å². The molecule has 1 aromatic carbocycles. The van der Waals surface area contributed by atoms with E-state index in [1.54, 1.807) is 18.2 Å². The number of ether oxygens (including phenoxy) is 2. The van der Waals surface area contributed by atoms with E-state index in [0.29, 0.717) is 44.8 Å². The predicted octanol–water partition coefficient (Wildman–Crippen LogP) is 3.14. The van der Waals surface area contributed by atoms with Crippen LogP contribution in [0.3, 0.4) is 0 Å².